The maximum absolute atomic E-state index is 6.08. The van der Waals surface area contributed by atoms with Crippen LogP contribution in [0, 0.1) is 0 Å². The molecular weight excluding hydrogens is 228 g/mol. The second-order valence-corrected chi connectivity index (χ2v) is 5.05. The van der Waals surface area contributed by atoms with Crippen molar-refractivity contribution in [1.82, 2.24) is 0 Å². The van der Waals surface area contributed by atoms with Crippen LogP contribution >= 0.6 is 11.8 Å². The van der Waals surface area contributed by atoms with Crippen molar-refractivity contribution in [2.24, 2.45) is 0 Å². The predicted octanol–water partition coefficient (Wildman–Crippen LogP) is 3.63. The zero-order valence-corrected chi connectivity index (χ0v) is 10.6. The van der Waals surface area contributed by atoms with E-state index in [1.807, 2.05) is 36.4 Å². The minimum Gasteiger partial charge on any atom is -0.398 e. The van der Waals surface area contributed by atoms with Crippen molar-refractivity contribution in [2.75, 3.05) is 17.2 Å². The van der Waals surface area contributed by atoms with Gasteiger partial charge in [-0.05, 0) is 24.0 Å². The van der Waals surface area contributed by atoms with Crippen LogP contribution in [0.25, 0.3) is 11.1 Å². The second kappa shape index (κ2) is 5.15. The number of benzene rings is 2. The Morgan fingerprint density at radius 2 is 1.65 bits per heavy atom. The quantitative estimate of drug-likeness (QED) is 0.640. The van der Waals surface area contributed by atoms with E-state index in [9.17, 15) is 0 Å². The van der Waals surface area contributed by atoms with Crippen molar-refractivity contribution in [2.45, 2.75) is 11.8 Å². The molecule has 0 saturated heterocycles. The predicted molar refractivity (Wildman–Crippen MR) is 77.1 cm³/mol. The summed E-state index contributed by atoms with van der Waals surface area (Å²) < 4.78 is 0. The summed E-state index contributed by atoms with van der Waals surface area (Å²) in [6, 6.07) is 13.8. The van der Waals surface area contributed by atoms with Crippen LogP contribution in [0.3, 0.4) is 0 Å². The lowest BCUT2D eigenvalue weighted by atomic mass is 10.0. The topological polar surface area (TPSA) is 52.0 Å². The summed E-state index contributed by atoms with van der Waals surface area (Å²) in [6.07, 6.45) is 0. The van der Waals surface area contributed by atoms with E-state index < -0.39 is 0 Å². The Hall–Kier alpha value is -1.61. The average Bonchev–Trinajstić information content (AvgIpc) is 2.31. The molecule has 0 bridgehead atoms. The number of para-hydroxylation sites is 1. The van der Waals surface area contributed by atoms with Gasteiger partial charge in [-0.1, -0.05) is 31.2 Å². The van der Waals surface area contributed by atoms with Gasteiger partial charge in [0, 0.05) is 27.4 Å². The summed E-state index contributed by atoms with van der Waals surface area (Å²) in [5, 5.41) is 0. The van der Waals surface area contributed by atoms with Crippen LogP contribution in [0.4, 0.5) is 11.4 Å². The highest BCUT2D eigenvalue weighted by atomic mass is 32.2. The Balaban J connectivity index is 2.61. The SMILES string of the molecule is CCSc1cccc(N)c1-c1ccccc1N. The van der Waals surface area contributed by atoms with Gasteiger partial charge < -0.3 is 11.5 Å². The van der Waals surface area contributed by atoms with E-state index in [0.29, 0.717) is 0 Å². The average molecular weight is 244 g/mol. The lowest BCUT2D eigenvalue weighted by Crippen LogP contribution is -1.96. The first-order chi connectivity index (χ1) is 8.24. The molecule has 0 amide bonds. The molecule has 0 unspecified atom stereocenters. The van der Waals surface area contributed by atoms with Gasteiger partial charge in [0.05, 0.1) is 0 Å². The van der Waals surface area contributed by atoms with Crippen LogP contribution in [-0.4, -0.2) is 5.75 Å². The largest absolute Gasteiger partial charge is 0.398 e. The molecule has 4 N–H and O–H groups in total. The molecule has 2 aromatic rings. The smallest absolute Gasteiger partial charge is 0.0405 e. The summed E-state index contributed by atoms with van der Waals surface area (Å²) in [5.41, 5.74) is 15.7. The number of nitrogen functional groups attached to an aromatic ring is 2. The highest BCUT2D eigenvalue weighted by molar-refractivity contribution is 7.99. The van der Waals surface area contributed by atoms with E-state index in [0.717, 1.165) is 28.3 Å². The normalized spacial score (nSPS) is 10.4. The fourth-order valence-corrected chi connectivity index (χ4v) is 2.69. The molecule has 0 fully saturated rings. The third-order valence-electron chi connectivity index (χ3n) is 2.59. The Labute approximate surface area is 106 Å². The van der Waals surface area contributed by atoms with Gasteiger partial charge in [-0.25, -0.2) is 0 Å². The van der Waals surface area contributed by atoms with Gasteiger partial charge in [-0.2, -0.15) is 0 Å². The van der Waals surface area contributed by atoms with Gasteiger partial charge in [0.15, 0.2) is 0 Å². The van der Waals surface area contributed by atoms with Crippen LogP contribution in [0.15, 0.2) is 47.4 Å². The molecule has 0 atom stereocenters. The minimum absolute atomic E-state index is 0.767. The Bertz CT molecular complexity index is 523. The van der Waals surface area contributed by atoms with Crippen molar-refractivity contribution in [1.29, 1.82) is 0 Å². The monoisotopic (exact) mass is 244 g/mol. The lowest BCUT2D eigenvalue weighted by Gasteiger charge is -2.13. The molecule has 0 aliphatic rings. The molecule has 0 spiro atoms. The van der Waals surface area contributed by atoms with Crippen molar-refractivity contribution in [3.8, 4) is 11.1 Å². The molecule has 2 rings (SSSR count). The Morgan fingerprint density at radius 3 is 2.35 bits per heavy atom. The molecule has 2 aromatic carbocycles. The maximum atomic E-state index is 6.08. The highest BCUT2D eigenvalue weighted by Crippen LogP contribution is 2.38. The molecule has 0 aliphatic carbocycles. The first-order valence-electron chi connectivity index (χ1n) is 5.60. The van der Waals surface area contributed by atoms with Crippen molar-refractivity contribution in [3.05, 3.63) is 42.5 Å². The van der Waals surface area contributed by atoms with E-state index in [1.54, 1.807) is 11.8 Å². The van der Waals surface area contributed by atoms with E-state index in [-0.39, 0.29) is 0 Å². The Kier molecular flexibility index (Phi) is 3.59. The fraction of sp³-hybridized carbons (Fsp3) is 0.143. The maximum Gasteiger partial charge on any atom is 0.0405 e. The minimum atomic E-state index is 0.767. The zero-order chi connectivity index (χ0) is 12.3. The van der Waals surface area contributed by atoms with Crippen LogP contribution in [0.2, 0.25) is 0 Å². The second-order valence-electron chi connectivity index (χ2n) is 3.74. The lowest BCUT2D eigenvalue weighted by molar-refractivity contribution is 1.42. The van der Waals surface area contributed by atoms with Gasteiger partial charge in [0.25, 0.3) is 0 Å². The standard InChI is InChI=1S/C14H16N2S/c1-2-17-13-9-5-8-12(16)14(13)10-6-3-4-7-11(10)15/h3-9H,2,15-16H2,1H3. The Morgan fingerprint density at radius 1 is 0.941 bits per heavy atom. The number of hydrogen-bond donors (Lipinski definition) is 2. The third kappa shape index (κ3) is 2.39. The van der Waals surface area contributed by atoms with E-state index in [4.69, 9.17) is 11.5 Å². The molecule has 2 nitrogen and oxygen atoms in total. The van der Waals surface area contributed by atoms with Crippen LogP contribution in [0.5, 0.6) is 0 Å². The molecule has 0 aliphatic heterocycles. The molecule has 3 heteroatoms. The molecule has 0 radical (unpaired) electrons. The van der Waals surface area contributed by atoms with Crippen molar-refractivity contribution < 1.29 is 0 Å². The van der Waals surface area contributed by atoms with E-state index in [1.165, 1.54) is 4.90 Å². The molecule has 0 saturated carbocycles. The molecule has 0 heterocycles. The number of thioether (sulfide) groups is 1. The summed E-state index contributed by atoms with van der Waals surface area (Å²) >= 11 is 1.78. The van der Waals surface area contributed by atoms with E-state index in [2.05, 4.69) is 13.0 Å². The number of anilines is 2. The molecular formula is C14H16N2S. The third-order valence-corrected chi connectivity index (χ3v) is 3.53. The molecule has 0 aromatic heterocycles. The van der Waals surface area contributed by atoms with Crippen LogP contribution in [-0.2, 0) is 0 Å². The number of rotatable bonds is 3. The summed E-state index contributed by atoms with van der Waals surface area (Å²) in [4.78, 5) is 1.19. The van der Waals surface area contributed by atoms with Gasteiger partial charge >= 0.3 is 0 Å². The van der Waals surface area contributed by atoms with Crippen molar-refractivity contribution in [3.63, 3.8) is 0 Å². The summed E-state index contributed by atoms with van der Waals surface area (Å²) in [5.74, 6) is 1.02. The fourth-order valence-electron chi connectivity index (χ4n) is 1.84. The molecule has 88 valence electrons. The highest BCUT2D eigenvalue weighted by Gasteiger charge is 2.10. The van der Waals surface area contributed by atoms with Gasteiger partial charge in [-0.3, -0.25) is 0 Å². The van der Waals surface area contributed by atoms with Crippen molar-refractivity contribution >= 4 is 23.1 Å². The molecule has 17 heavy (non-hydrogen) atoms. The summed E-state index contributed by atoms with van der Waals surface area (Å²) in [7, 11) is 0. The zero-order valence-electron chi connectivity index (χ0n) is 9.81. The van der Waals surface area contributed by atoms with Gasteiger partial charge in [0.1, 0.15) is 0 Å². The van der Waals surface area contributed by atoms with Gasteiger partial charge in [0.2, 0.25) is 0 Å². The van der Waals surface area contributed by atoms with E-state index >= 15 is 0 Å². The number of nitrogens with two attached hydrogens (primary N) is 2. The summed E-state index contributed by atoms with van der Waals surface area (Å²) in [6.45, 7) is 2.13. The van der Waals surface area contributed by atoms with Crippen LogP contribution in [0.1, 0.15) is 6.92 Å². The first kappa shape index (κ1) is 11.9. The van der Waals surface area contributed by atoms with Crippen LogP contribution < -0.4 is 11.5 Å². The number of hydrogen-bond acceptors (Lipinski definition) is 3. The van der Waals surface area contributed by atoms with Gasteiger partial charge in [-0.15, -0.1) is 11.8 Å². The first-order valence-corrected chi connectivity index (χ1v) is 6.58.